The summed E-state index contributed by atoms with van der Waals surface area (Å²) in [6.07, 6.45) is 5.46. The second-order valence-corrected chi connectivity index (χ2v) is 6.16. The Labute approximate surface area is 141 Å². The molecule has 3 N–H and O–H groups in total. The van der Waals surface area contributed by atoms with Gasteiger partial charge in [0.25, 0.3) is 0 Å². The van der Waals surface area contributed by atoms with E-state index in [0.29, 0.717) is 12.5 Å². The maximum absolute atomic E-state index is 6.02. The number of aryl methyl sites for hydroxylation is 2. The van der Waals surface area contributed by atoms with E-state index in [0.717, 1.165) is 29.7 Å². The van der Waals surface area contributed by atoms with Gasteiger partial charge in [-0.05, 0) is 54.7 Å². The minimum Gasteiger partial charge on any atom is -0.370 e. The summed E-state index contributed by atoms with van der Waals surface area (Å²) in [7, 11) is 0. The maximum atomic E-state index is 6.02. The number of hydrogen-bond donors (Lipinski definition) is 2. The molecule has 1 aliphatic rings. The Kier molecular flexibility index (Phi) is 3.91. The van der Waals surface area contributed by atoms with Crippen LogP contribution in [0, 0.1) is 0 Å². The summed E-state index contributed by atoms with van der Waals surface area (Å²) in [6.45, 7) is 1.37. The molecule has 0 spiro atoms. The van der Waals surface area contributed by atoms with Crippen molar-refractivity contribution in [3.05, 3.63) is 59.9 Å². The summed E-state index contributed by atoms with van der Waals surface area (Å²) < 4.78 is 2.10. The van der Waals surface area contributed by atoms with Crippen LogP contribution in [-0.4, -0.2) is 22.1 Å². The molecule has 0 radical (unpaired) electrons. The van der Waals surface area contributed by atoms with Crippen LogP contribution in [-0.2, 0) is 19.4 Å². The molecule has 1 aromatic heterocycles. The lowest BCUT2D eigenvalue weighted by Gasteiger charge is -2.08. The molecule has 4 rings (SSSR count). The summed E-state index contributed by atoms with van der Waals surface area (Å²) in [4.78, 5) is 8.81. The number of guanidine groups is 1. The quantitative estimate of drug-likeness (QED) is 0.574. The van der Waals surface area contributed by atoms with Gasteiger partial charge in [-0.3, -0.25) is 4.99 Å². The fourth-order valence-corrected chi connectivity index (χ4v) is 3.30. The van der Waals surface area contributed by atoms with Gasteiger partial charge >= 0.3 is 0 Å². The third-order valence-electron chi connectivity index (χ3n) is 4.52. The molecule has 3 aromatic rings. The van der Waals surface area contributed by atoms with E-state index in [-0.39, 0.29) is 0 Å². The molecule has 2 aromatic carbocycles. The van der Waals surface area contributed by atoms with Crippen molar-refractivity contribution in [2.45, 2.75) is 25.8 Å². The summed E-state index contributed by atoms with van der Waals surface area (Å²) in [6, 6.07) is 14.6. The van der Waals surface area contributed by atoms with Crippen LogP contribution in [0.15, 0.2) is 53.8 Å². The average molecular weight is 319 g/mol. The van der Waals surface area contributed by atoms with Crippen LogP contribution < -0.4 is 11.1 Å². The number of nitrogens with zero attached hydrogens (tertiary/aromatic N) is 3. The van der Waals surface area contributed by atoms with E-state index in [1.54, 1.807) is 0 Å². The fourth-order valence-electron chi connectivity index (χ4n) is 3.30. The van der Waals surface area contributed by atoms with Gasteiger partial charge in [-0.2, -0.15) is 0 Å². The Hall–Kier alpha value is -2.82. The van der Waals surface area contributed by atoms with Gasteiger partial charge in [0.2, 0.25) is 0 Å². The van der Waals surface area contributed by atoms with Crippen LogP contribution in [0.2, 0.25) is 0 Å². The summed E-state index contributed by atoms with van der Waals surface area (Å²) in [5, 5.41) is 3.19. The van der Waals surface area contributed by atoms with Crippen LogP contribution in [0.5, 0.6) is 0 Å². The molecule has 122 valence electrons. The third-order valence-corrected chi connectivity index (χ3v) is 4.52. The maximum Gasteiger partial charge on any atom is 0.193 e. The monoisotopic (exact) mass is 319 g/mol. The SMILES string of the molecule is NC(=NCCn1cnc2ccccc21)Nc1ccc2c(c1)CCC2. The molecule has 24 heavy (non-hydrogen) atoms. The van der Waals surface area contributed by atoms with Crippen molar-refractivity contribution in [3.8, 4) is 0 Å². The molecular weight excluding hydrogens is 298 g/mol. The number of aliphatic imine (C=N–C) groups is 1. The van der Waals surface area contributed by atoms with Crippen molar-refractivity contribution in [1.82, 2.24) is 9.55 Å². The summed E-state index contributed by atoms with van der Waals surface area (Å²) in [5.41, 5.74) is 12.1. The van der Waals surface area contributed by atoms with Crippen molar-refractivity contribution in [2.75, 3.05) is 11.9 Å². The molecule has 0 saturated heterocycles. The highest BCUT2D eigenvalue weighted by molar-refractivity contribution is 5.92. The Morgan fingerprint density at radius 2 is 2.04 bits per heavy atom. The number of para-hydroxylation sites is 2. The molecule has 1 heterocycles. The van der Waals surface area contributed by atoms with Crippen LogP contribution in [0.4, 0.5) is 5.69 Å². The Balaban J connectivity index is 1.39. The molecule has 0 saturated carbocycles. The molecule has 5 heteroatoms. The first-order valence-electron chi connectivity index (χ1n) is 8.38. The van der Waals surface area contributed by atoms with Gasteiger partial charge in [0.15, 0.2) is 5.96 Å². The standard InChI is InChI=1S/C19H21N5/c20-19(23-16-9-8-14-4-3-5-15(14)12-16)21-10-11-24-13-22-17-6-1-2-7-18(17)24/h1-2,6-9,12-13H,3-5,10-11H2,(H3,20,21,23). The molecule has 0 bridgehead atoms. The van der Waals surface area contributed by atoms with E-state index in [1.165, 1.54) is 24.0 Å². The predicted octanol–water partition coefficient (Wildman–Crippen LogP) is 2.95. The van der Waals surface area contributed by atoms with Crippen LogP contribution in [0.3, 0.4) is 0 Å². The van der Waals surface area contributed by atoms with Crippen molar-refractivity contribution in [3.63, 3.8) is 0 Å². The smallest absolute Gasteiger partial charge is 0.193 e. The molecule has 0 aliphatic heterocycles. The first kappa shape index (κ1) is 14.8. The lowest BCUT2D eigenvalue weighted by atomic mass is 10.1. The first-order chi connectivity index (χ1) is 11.8. The van der Waals surface area contributed by atoms with Gasteiger partial charge in [-0.15, -0.1) is 0 Å². The zero-order valence-corrected chi connectivity index (χ0v) is 13.6. The number of nitrogens with two attached hydrogens (primary N) is 1. The van der Waals surface area contributed by atoms with Crippen molar-refractivity contribution < 1.29 is 0 Å². The lowest BCUT2D eigenvalue weighted by molar-refractivity contribution is 0.728. The molecule has 1 aliphatic carbocycles. The van der Waals surface area contributed by atoms with Gasteiger partial charge in [-0.1, -0.05) is 18.2 Å². The van der Waals surface area contributed by atoms with Gasteiger partial charge in [0, 0.05) is 12.2 Å². The number of anilines is 1. The normalized spacial score (nSPS) is 14.1. The molecule has 5 nitrogen and oxygen atoms in total. The fraction of sp³-hybridized carbons (Fsp3) is 0.263. The van der Waals surface area contributed by atoms with E-state index in [1.807, 2.05) is 24.5 Å². The number of imidazole rings is 1. The van der Waals surface area contributed by atoms with Crippen molar-refractivity contribution >= 4 is 22.7 Å². The van der Waals surface area contributed by atoms with E-state index in [9.17, 15) is 0 Å². The zero-order valence-electron chi connectivity index (χ0n) is 13.6. The Morgan fingerprint density at radius 1 is 1.17 bits per heavy atom. The lowest BCUT2D eigenvalue weighted by Crippen LogP contribution is -2.23. The second-order valence-electron chi connectivity index (χ2n) is 6.16. The Morgan fingerprint density at radius 3 is 3.00 bits per heavy atom. The zero-order chi connectivity index (χ0) is 16.4. The largest absolute Gasteiger partial charge is 0.370 e. The van der Waals surface area contributed by atoms with E-state index < -0.39 is 0 Å². The number of benzene rings is 2. The summed E-state index contributed by atoms with van der Waals surface area (Å²) in [5.74, 6) is 0.456. The van der Waals surface area contributed by atoms with Crippen LogP contribution >= 0.6 is 0 Å². The highest BCUT2D eigenvalue weighted by Gasteiger charge is 2.10. The average Bonchev–Trinajstić information content (AvgIpc) is 3.21. The van der Waals surface area contributed by atoms with E-state index in [4.69, 9.17) is 5.73 Å². The van der Waals surface area contributed by atoms with Gasteiger partial charge in [-0.25, -0.2) is 4.98 Å². The van der Waals surface area contributed by atoms with Gasteiger partial charge in [0.1, 0.15) is 0 Å². The number of rotatable bonds is 4. The number of fused-ring (bicyclic) bond motifs is 2. The molecule has 0 unspecified atom stereocenters. The van der Waals surface area contributed by atoms with Crippen molar-refractivity contribution in [2.24, 2.45) is 10.7 Å². The molecule has 0 fully saturated rings. The van der Waals surface area contributed by atoms with E-state index in [2.05, 4.69) is 44.1 Å². The third kappa shape index (κ3) is 2.97. The van der Waals surface area contributed by atoms with Gasteiger partial charge in [0.05, 0.1) is 23.9 Å². The summed E-state index contributed by atoms with van der Waals surface area (Å²) >= 11 is 0. The minimum absolute atomic E-state index is 0.456. The number of hydrogen-bond acceptors (Lipinski definition) is 2. The van der Waals surface area contributed by atoms with Crippen molar-refractivity contribution in [1.29, 1.82) is 0 Å². The van der Waals surface area contributed by atoms with E-state index >= 15 is 0 Å². The van der Waals surface area contributed by atoms with Crippen LogP contribution in [0.1, 0.15) is 17.5 Å². The molecule has 0 amide bonds. The molecule has 0 atom stereocenters. The highest BCUT2D eigenvalue weighted by atomic mass is 15.1. The Bertz CT molecular complexity index is 894. The van der Waals surface area contributed by atoms with Gasteiger partial charge < -0.3 is 15.6 Å². The number of nitrogens with one attached hydrogen (secondary N) is 1. The number of aromatic nitrogens is 2. The predicted molar refractivity (Wildman–Crippen MR) is 98.3 cm³/mol. The first-order valence-corrected chi connectivity index (χ1v) is 8.38. The topological polar surface area (TPSA) is 68.2 Å². The molecular formula is C19H21N5. The minimum atomic E-state index is 0.456. The van der Waals surface area contributed by atoms with Crippen LogP contribution in [0.25, 0.3) is 11.0 Å². The highest BCUT2D eigenvalue weighted by Crippen LogP contribution is 2.24. The second kappa shape index (κ2) is 6.35.